The van der Waals surface area contributed by atoms with E-state index in [0.29, 0.717) is 46.5 Å². The average Bonchev–Trinajstić information content (AvgIpc) is 3.16. The van der Waals surface area contributed by atoms with Crippen LogP contribution in [-0.2, 0) is 0 Å². The number of rotatable bonds is 8. The van der Waals surface area contributed by atoms with Gasteiger partial charge in [-0.15, -0.1) is 0 Å². The van der Waals surface area contributed by atoms with Crippen LogP contribution in [-0.4, -0.2) is 33.7 Å². The number of hydrogen-bond acceptors (Lipinski definition) is 6. The number of ketones is 1. The normalized spacial score (nSPS) is 13.7. The van der Waals surface area contributed by atoms with Crippen molar-refractivity contribution >= 4 is 17.9 Å². The van der Waals surface area contributed by atoms with E-state index < -0.39 is 0 Å². The maximum absolute atomic E-state index is 12.9. The van der Waals surface area contributed by atoms with Crippen LogP contribution in [0.5, 0.6) is 28.7 Å². The molecule has 0 N–H and O–H groups in total. The van der Waals surface area contributed by atoms with Crippen LogP contribution < -0.4 is 23.7 Å². The van der Waals surface area contributed by atoms with E-state index >= 15 is 0 Å². The summed E-state index contributed by atoms with van der Waals surface area (Å²) >= 11 is 0. The summed E-state index contributed by atoms with van der Waals surface area (Å²) in [5.74, 6) is 2.63. The minimum absolute atomic E-state index is 0.191. The number of ether oxygens (including phenoxy) is 5. The van der Waals surface area contributed by atoms with Gasteiger partial charge in [0.1, 0.15) is 23.9 Å². The van der Waals surface area contributed by atoms with Gasteiger partial charge in [0.05, 0.1) is 26.9 Å². The number of Topliss-reactive ketones (excluding diaryl/α,β-unsaturated/α-hetero) is 1. The van der Waals surface area contributed by atoms with Gasteiger partial charge in [-0.3, -0.25) is 4.79 Å². The van der Waals surface area contributed by atoms with Crippen LogP contribution >= 0.6 is 0 Å². The van der Waals surface area contributed by atoms with E-state index in [2.05, 4.69) is 0 Å². The fourth-order valence-corrected chi connectivity index (χ4v) is 3.46. The summed E-state index contributed by atoms with van der Waals surface area (Å²) in [6.07, 6.45) is 5.56. The maximum Gasteiger partial charge on any atom is 0.231 e. The molecule has 4 rings (SSSR count). The fourth-order valence-electron chi connectivity index (χ4n) is 3.46. The fraction of sp³-hybridized carbons (Fsp3) is 0.148. The highest BCUT2D eigenvalue weighted by molar-refractivity contribution is 6.14. The maximum atomic E-state index is 12.9. The SMILES string of the molecule is COc1cc(OC)c(OC)cc1C=C1Oc2cc(OCC=Cc3ccccc3)ccc2C1=O. The van der Waals surface area contributed by atoms with Crippen molar-refractivity contribution in [2.45, 2.75) is 0 Å². The summed E-state index contributed by atoms with van der Waals surface area (Å²) in [6, 6.07) is 18.6. The molecule has 0 spiro atoms. The Morgan fingerprint density at radius 3 is 2.30 bits per heavy atom. The van der Waals surface area contributed by atoms with E-state index in [1.807, 2.05) is 42.5 Å². The molecule has 0 bridgehead atoms. The smallest absolute Gasteiger partial charge is 0.231 e. The molecule has 0 saturated heterocycles. The van der Waals surface area contributed by atoms with Crippen LogP contribution in [0.4, 0.5) is 0 Å². The number of carbonyl (C=O) groups is 1. The van der Waals surface area contributed by atoms with E-state index in [-0.39, 0.29) is 11.5 Å². The molecule has 6 nitrogen and oxygen atoms in total. The third-order valence-electron chi connectivity index (χ3n) is 5.12. The largest absolute Gasteiger partial charge is 0.496 e. The van der Waals surface area contributed by atoms with Gasteiger partial charge in [0.2, 0.25) is 5.78 Å². The van der Waals surface area contributed by atoms with Crippen molar-refractivity contribution in [2.75, 3.05) is 27.9 Å². The highest BCUT2D eigenvalue weighted by Gasteiger charge is 2.28. The van der Waals surface area contributed by atoms with Gasteiger partial charge >= 0.3 is 0 Å². The van der Waals surface area contributed by atoms with Gasteiger partial charge in [-0.1, -0.05) is 36.4 Å². The molecule has 0 unspecified atom stereocenters. The van der Waals surface area contributed by atoms with Crippen LogP contribution in [0.1, 0.15) is 21.5 Å². The molecule has 0 radical (unpaired) electrons. The molecule has 0 fully saturated rings. The second kappa shape index (κ2) is 9.96. The number of benzene rings is 3. The third kappa shape index (κ3) is 4.85. The Morgan fingerprint density at radius 1 is 0.848 bits per heavy atom. The van der Waals surface area contributed by atoms with E-state index in [1.54, 1.807) is 57.7 Å². The molecule has 1 aliphatic rings. The first-order valence-electron chi connectivity index (χ1n) is 10.4. The lowest BCUT2D eigenvalue weighted by Gasteiger charge is -2.12. The molecule has 0 saturated carbocycles. The van der Waals surface area contributed by atoms with Crippen LogP contribution in [0.2, 0.25) is 0 Å². The topological polar surface area (TPSA) is 63.2 Å². The van der Waals surface area contributed by atoms with Gasteiger partial charge in [-0.2, -0.15) is 0 Å². The second-order valence-electron chi connectivity index (χ2n) is 7.17. The number of hydrogen-bond donors (Lipinski definition) is 0. The molecule has 0 aliphatic carbocycles. The average molecular weight is 444 g/mol. The molecule has 3 aromatic rings. The Hall–Kier alpha value is -4.19. The summed E-state index contributed by atoms with van der Waals surface area (Å²) in [4.78, 5) is 12.9. The Morgan fingerprint density at radius 2 is 1.58 bits per heavy atom. The molecule has 3 aromatic carbocycles. The minimum Gasteiger partial charge on any atom is -0.496 e. The number of fused-ring (bicyclic) bond motifs is 1. The first-order valence-corrected chi connectivity index (χ1v) is 10.4. The van der Waals surface area contributed by atoms with E-state index in [4.69, 9.17) is 23.7 Å². The lowest BCUT2D eigenvalue weighted by molar-refractivity contribution is 0.101. The second-order valence-corrected chi connectivity index (χ2v) is 7.17. The summed E-state index contributed by atoms with van der Waals surface area (Å²) in [6.45, 7) is 0.396. The van der Waals surface area contributed by atoms with Crippen molar-refractivity contribution in [3.63, 3.8) is 0 Å². The van der Waals surface area contributed by atoms with Crippen molar-refractivity contribution < 1.29 is 28.5 Å². The lowest BCUT2D eigenvalue weighted by atomic mass is 10.1. The van der Waals surface area contributed by atoms with Gasteiger partial charge in [-0.25, -0.2) is 0 Å². The molecule has 0 aromatic heterocycles. The van der Waals surface area contributed by atoms with Gasteiger partial charge in [0, 0.05) is 17.7 Å². The summed E-state index contributed by atoms with van der Waals surface area (Å²) in [5.41, 5.74) is 2.21. The molecule has 1 heterocycles. The van der Waals surface area contributed by atoms with E-state index in [0.717, 1.165) is 5.56 Å². The van der Waals surface area contributed by atoms with Crippen molar-refractivity contribution in [1.82, 2.24) is 0 Å². The van der Waals surface area contributed by atoms with Crippen molar-refractivity contribution in [3.8, 4) is 28.7 Å². The van der Waals surface area contributed by atoms with E-state index in [9.17, 15) is 4.79 Å². The van der Waals surface area contributed by atoms with Crippen LogP contribution in [0, 0.1) is 0 Å². The molecular formula is C27H24O6. The predicted molar refractivity (Wildman–Crippen MR) is 126 cm³/mol. The van der Waals surface area contributed by atoms with Gasteiger partial charge < -0.3 is 23.7 Å². The zero-order valence-electron chi connectivity index (χ0n) is 18.7. The summed E-state index contributed by atoms with van der Waals surface area (Å²) < 4.78 is 27.8. The minimum atomic E-state index is -0.211. The van der Waals surface area contributed by atoms with Crippen LogP contribution in [0.15, 0.2) is 72.5 Å². The zero-order chi connectivity index (χ0) is 23.2. The number of methoxy groups -OCH3 is 3. The Balaban J connectivity index is 1.51. The molecule has 1 aliphatic heterocycles. The number of allylic oxidation sites excluding steroid dienone is 1. The first-order chi connectivity index (χ1) is 16.1. The highest BCUT2D eigenvalue weighted by atomic mass is 16.5. The Labute approximate surface area is 192 Å². The molecule has 6 heteroatoms. The van der Waals surface area contributed by atoms with Crippen molar-refractivity contribution in [1.29, 1.82) is 0 Å². The van der Waals surface area contributed by atoms with Crippen LogP contribution in [0.25, 0.3) is 12.2 Å². The van der Waals surface area contributed by atoms with Gasteiger partial charge in [0.25, 0.3) is 0 Å². The summed E-state index contributed by atoms with van der Waals surface area (Å²) in [7, 11) is 4.64. The van der Waals surface area contributed by atoms with Crippen LogP contribution in [0.3, 0.4) is 0 Å². The van der Waals surface area contributed by atoms with E-state index in [1.165, 1.54) is 0 Å². The molecule has 33 heavy (non-hydrogen) atoms. The Kier molecular flexibility index (Phi) is 6.64. The molecule has 0 amide bonds. The summed E-state index contributed by atoms with van der Waals surface area (Å²) in [5, 5.41) is 0. The monoisotopic (exact) mass is 444 g/mol. The molecule has 168 valence electrons. The van der Waals surface area contributed by atoms with Crippen molar-refractivity contribution in [3.05, 3.63) is 89.2 Å². The first kappa shape index (κ1) is 22.0. The molecular weight excluding hydrogens is 420 g/mol. The Bertz CT molecular complexity index is 1210. The standard InChI is InChI=1S/C27H24O6/c1-29-22-17-25(31-3)24(30-2)14-19(22)15-26-27(28)21-12-11-20(16-23(21)33-26)32-13-7-10-18-8-5-4-6-9-18/h4-12,14-17H,13H2,1-3H3. The quantitative estimate of drug-likeness (QED) is 0.432. The van der Waals surface area contributed by atoms with Gasteiger partial charge in [-0.05, 0) is 35.9 Å². The third-order valence-corrected chi connectivity index (χ3v) is 5.12. The van der Waals surface area contributed by atoms with Crippen molar-refractivity contribution in [2.24, 2.45) is 0 Å². The number of carbonyl (C=O) groups excluding carboxylic acids is 1. The zero-order valence-corrected chi connectivity index (χ0v) is 18.7. The lowest BCUT2D eigenvalue weighted by Crippen LogP contribution is -2.00. The van der Waals surface area contributed by atoms with Gasteiger partial charge in [0.15, 0.2) is 17.3 Å². The molecule has 0 atom stereocenters. The predicted octanol–water partition coefficient (Wildman–Crippen LogP) is 5.42. The highest BCUT2D eigenvalue weighted by Crippen LogP contribution is 2.39.